The number of hydrogen-bond donors (Lipinski definition) is 2. The van der Waals surface area contributed by atoms with Gasteiger partial charge in [-0.1, -0.05) is 36.0 Å². The first kappa shape index (κ1) is 19.0. The average Bonchev–Trinajstić information content (AvgIpc) is 3.11. The van der Waals surface area contributed by atoms with Gasteiger partial charge in [0.2, 0.25) is 5.91 Å². The fraction of sp³-hybridized carbons (Fsp3) is 0.500. The zero-order valence-corrected chi connectivity index (χ0v) is 15.8. The van der Waals surface area contributed by atoms with E-state index in [1.807, 2.05) is 0 Å². The molecule has 1 heterocycles. The summed E-state index contributed by atoms with van der Waals surface area (Å²) >= 11 is 11.9. The number of nitrogens with one attached hydrogen (secondary N) is 2. The van der Waals surface area contributed by atoms with Crippen LogP contribution >= 0.6 is 23.2 Å². The SMILES string of the molecule is O=C(CCN1C(=O)NC2(CCCC2)C1=O)NCCc1cc(Cl)cc(Cl)c1. The van der Waals surface area contributed by atoms with Crippen LogP contribution in [0.2, 0.25) is 10.0 Å². The van der Waals surface area contributed by atoms with Crippen molar-refractivity contribution in [2.75, 3.05) is 13.1 Å². The van der Waals surface area contributed by atoms with E-state index in [-0.39, 0.29) is 24.8 Å². The van der Waals surface area contributed by atoms with Crippen LogP contribution in [0.15, 0.2) is 18.2 Å². The van der Waals surface area contributed by atoms with E-state index >= 15 is 0 Å². The van der Waals surface area contributed by atoms with Crippen LogP contribution in [0.4, 0.5) is 4.79 Å². The first-order chi connectivity index (χ1) is 12.4. The van der Waals surface area contributed by atoms with Crippen LogP contribution in [-0.4, -0.2) is 41.4 Å². The van der Waals surface area contributed by atoms with Crippen molar-refractivity contribution in [3.8, 4) is 0 Å². The Bertz CT molecular complexity index is 712. The van der Waals surface area contributed by atoms with Crippen LogP contribution in [0, 0.1) is 0 Å². The van der Waals surface area contributed by atoms with E-state index in [0.29, 0.717) is 35.9 Å². The number of halogens is 2. The highest BCUT2D eigenvalue weighted by molar-refractivity contribution is 6.34. The number of benzene rings is 1. The van der Waals surface area contributed by atoms with E-state index in [9.17, 15) is 14.4 Å². The third kappa shape index (κ3) is 4.13. The number of amides is 4. The molecular formula is C18H21Cl2N3O3. The normalized spacial score (nSPS) is 18.5. The summed E-state index contributed by atoms with van der Waals surface area (Å²) < 4.78 is 0. The number of nitrogens with zero attached hydrogens (tertiary/aromatic N) is 1. The first-order valence-corrected chi connectivity index (χ1v) is 9.51. The quantitative estimate of drug-likeness (QED) is 0.724. The molecule has 6 nitrogen and oxygen atoms in total. The fourth-order valence-electron chi connectivity index (χ4n) is 3.60. The molecule has 0 unspecified atom stereocenters. The van der Waals surface area contributed by atoms with E-state index in [4.69, 9.17) is 23.2 Å². The molecule has 0 atom stereocenters. The summed E-state index contributed by atoms with van der Waals surface area (Å²) in [6, 6.07) is 4.86. The van der Waals surface area contributed by atoms with Gasteiger partial charge in [0, 0.05) is 29.6 Å². The lowest BCUT2D eigenvalue weighted by Gasteiger charge is -2.19. The molecule has 26 heavy (non-hydrogen) atoms. The lowest BCUT2D eigenvalue weighted by Crippen LogP contribution is -2.44. The van der Waals surface area contributed by atoms with Gasteiger partial charge in [-0.05, 0) is 43.0 Å². The highest BCUT2D eigenvalue weighted by Crippen LogP contribution is 2.35. The van der Waals surface area contributed by atoms with Gasteiger partial charge in [-0.2, -0.15) is 0 Å². The Morgan fingerprint density at radius 1 is 1.15 bits per heavy atom. The molecule has 4 amide bonds. The molecule has 8 heteroatoms. The van der Waals surface area contributed by atoms with Crippen LogP contribution < -0.4 is 10.6 Å². The molecule has 0 bridgehead atoms. The Morgan fingerprint density at radius 3 is 2.46 bits per heavy atom. The maximum Gasteiger partial charge on any atom is 0.325 e. The minimum atomic E-state index is -0.723. The van der Waals surface area contributed by atoms with E-state index < -0.39 is 11.6 Å². The second-order valence-corrected chi connectivity index (χ2v) is 7.68. The standard InChI is InChI=1S/C18H21Cl2N3O3/c19-13-9-12(10-14(20)11-13)3-7-21-15(24)4-8-23-16(25)18(22-17(23)26)5-1-2-6-18/h9-11H,1-8H2,(H,21,24)(H,22,26). The lowest BCUT2D eigenvalue weighted by molar-refractivity contribution is -0.131. The van der Waals surface area contributed by atoms with Crippen molar-refractivity contribution in [1.29, 1.82) is 0 Å². The van der Waals surface area contributed by atoms with Gasteiger partial charge in [-0.15, -0.1) is 0 Å². The smallest absolute Gasteiger partial charge is 0.325 e. The van der Waals surface area contributed by atoms with Crippen LogP contribution in [0.5, 0.6) is 0 Å². The first-order valence-electron chi connectivity index (χ1n) is 8.75. The lowest BCUT2D eigenvalue weighted by atomic mass is 9.98. The summed E-state index contributed by atoms with van der Waals surface area (Å²) in [7, 11) is 0. The number of hydrogen-bond acceptors (Lipinski definition) is 3. The van der Waals surface area contributed by atoms with Crippen molar-refractivity contribution in [1.82, 2.24) is 15.5 Å². The van der Waals surface area contributed by atoms with Gasteiger partial charge in [-0.3, -0.25) is 14.5 Å². The van der Waals surface area contributed by atoms with E-state index in [0.717, 1.165) is 18.4 Å². The molecule has 1 aromatic carbocycles. The topological polar surface area (TPSA) is 78.5 Å². The molecular weight excluding hydrogens is 377 g/mol. The molecule has 2 aliphatic rings. The maximum atomic E-state index is 12.5. The van der Waals surface area contributed by atoms with Gasteiger partial charge in [0.05, 0.1) is 0 Å². The van der Waals surface area contributed by atoms with Crippen molar-refractivity contribution >= 4 is 41.0 Å². The van der Waals surface area contributed by atoms with Gasteiger partial charge in [0.25, 0.3) is 5.91 Å². The minimum absolute atomic E-state index is 0.0888. The molecule has 1 aliphatic heterocycles. The summed E-state index contributed by atoms with van der Waals surface area (Å²) in [6.07, 6.45) is 3.93. The van der Waals surface area contributed by atoms with Crippen LogP contribution in [0.3, 0.4) is 0 Å². The van der Waals surface area contributed by atoms with Crippen molar-refractivity contribution in [2.24, 2.45) is 0 Å². The molecule has 3 rings (SSSR count). The highest BCUT2D eigenvalue weighted by Gasteiger charge is 2.52. The van der Waals surface area contributed by atoms with E-state index in [2.05, 4.69) is 10.6 Å². The molecule has 0 aromatic heterocycles. The molecule has 1 aromatic rings. The van der Waals surface area contributed by atoms with Crippen LogP contribution in [0.25, 0.3) is 0 Å². The number of imide groups is 1. The second kappa shape index (κ2) is 7.84. The molecule has 140 valence electrons. The van der Waals surface area contributed by atoms with Crippen LogP contribution in [-0.2, 0) is 16.0 Å². The Hall–Kier alpha value is -1.79. The van der Waals surface area contributed by atoms with Gasteiger partial charge < -0.3 is 10.6 Å². The maximum absolute atomic E-state index is 12.5. The Kier molecular flexibility index (Phi) is 5.73. The number of urea groups is 1. The van der Waals surface area contributed by atoms with Crippen LogP contribution in [0.1, 0.15) is 37.7 Å². The average molecular weight is 398 g/mol. The summed E-state index contributed by atoms with van der Waals surface area (Å²) in [5.41, 5.74) is 0.208. The molecule has 1 aliphatic carbocycles. The second-order valence-electron chi connectivity index (χ2n) is 6.80. The predicted molar refractivity (Wildman–Crippen MR) is 99.2 cm³/mol. The van der Waals surface area contributed by atoms with E-state index in [1.165, 1.54) is 4.90 Å². The highest BCUT2D eigenvalue weighted by atomic mass is 35.5. The predicted octanol–water partition coefficient (Wildman–Crippen LogP) is 2.91. The summed E-state index contributed by atoms with van der Waals surface area (Å²) in [4.78, 5) is 37.7. The minimum Gasteiger partial charge on any atom is -0.356 e. The largest absolute Gasteiger partial charge is 0.356 e. The third-order valence-corrected chi connectivity index (χ3v) is 5.36. The Balaban J connectivity index is 1.44. The zero-order valence-electron chi connectivity index (χ0n) is 14.3. The summed E-state index contributed by atoms with van der Waals surface area (Å²) in [5.74, 6) is -0.396. The monoisotopic (exact) mass is 397 g/mol. The summed E-state index contributed by atoms with van der Waals surface area (Å²) in [6.45, 7) is 0.529. The van der Waals surface area contributed by atoms with E-state index in [1.54, 1.807) is 18.2 Å². The molecule has 2 fully saturated rings. The Labute approximate surface area is 162 Å². The van der Waals surface area contributed by atoms with Crippen molar-refractivity contribution in [3.63, 3.8) is 0 Å². The molecule has 1 saturated carbocycles. The molecule has 2 N–H and O–H groups in total. The molecule has 1 saturated heterocycles. The van der Waals surface area contributed by atoms with Gasteiger partial charge in [0.15, 0.2) is 0 Å². The van der Waals surface area contributed by atoms with Gasteiger partial charge in [0.1, 0.15) is 5.54 Å². The third-order valence-electron chi connectivity index (χ3n) is 4.92. The number of rotatable bonds is 6. The van der Waals surface area contributed by atoms with Crippen molar-refractivity contribution in [2.45, 2.75) is 44.1 Å². The molecule has 0 radical (unpaired) electrons. The fourth-order valence-corrected chi connectivity index (χ4v) is 4.17. The van der Waals surface area contributed by atoms with Gasteiger partial charge >= 0.3 is 6.03 Å². The van der Waals surface area contributed by atoms with Crippen molar-refractivity contribution in [3.05, 3.63) is 33.8 Å². The number of carbonyl (C=O) groups is 3. The zero-order chi connectivity index (χ0) is 18.7. The van der Waals surface area contributed by atoms with Gasteiger partial charge in [-0.25, -0.2) is 4.79 Å². The summed E-state index contributed by atoms with van der Waals surface area (Å²) in [5, 5.41) is 6.71. The Morgan fingerprint density at radius 2 is 1.81 bits per heavy atom. The van der Waals surface area contributed by atoms with Crippen molar-refractivity contribution < 1.29 is 14.4 Å². The number of carbonyl (C=O) groups excluding carboxylic acids is 3. The molecule has 1 spiro atoms.